The van der Waals surface area contributed by atoms with Crippen LogP contribution in [0.2, 0.25) is 0 Å². The number of ether oxygens (including phenoxy) is 1. The van der Waals surface area contributed by atoms with E-state index >= 15 is 0 Å². The summed E-state index contributed by atoms with van der Waals surface area (Å²) in [6.45, 7) is 2.97. The van der Waals surface area contributed by atoms with Crippen LogP contribution in [0.25, 0.3) is 11.1 Å². The molecule has 1 aliphatic heterocycles. The fourth-order valence-electron chi connectivity index (χ4n) is 1.66. The molecule has 1 fully saturated rings. The zero-order valence-corrected chi connectivity index (χ0v) is 9.27. The second kappa shape index (κ2) is 3.81. The number of aryl methyl sites for hydroxylation is 1. The summed E-state index contributed by atoms with van der Waals surface area (Å²) in [7, 11) is 0. The molecule has 0 atom stereocenters. The maximum Gasteiger partial charge on any atom is 0.257 e. The molecule has 17 heavy (non-hydrogen) atoms. The van der Waals surface area contributed by atoms with Crippen molar-refractivity contribution in [3.8, 4) is 0 Å². The Balaban J connectivity index is 1.88. The summed E-state index contributed by atoms with van der Waals surface area (Å²) in [5.74, 6) is -0.145. The van der Waals surface area contributed by atoms with E-state index in [4.69, 9.17) is 9.26 Å². The number of pyridine rings is 1. The molecule has 2 aromatic heterocycles. The average molecular weight is 233 g/mol. The van der Waals surface area contributed by atoms with Crippen molar-refractivity contribution in [2.45, 2.75) is 13.0 Å². The normalized spacial score (nSPS) is 15.8. The van der Waals surface area contributed by atoms with Crippen LogP contribution in [0.4, 0.5) is 0 Å². The van der Waals surface area contributed by atoms with E-state index in [9.17, 15) is 4.79 Å². The monoisotopic (exact) mass is 233 g/mol. The van der Waals surface area contributed by atoms with Gasteiger partial charge in [0, 0.05) is 6.20 Å². The van der Waals surface area contributed by atoms with E-state index < -0.39 is 0 Å². The van der Waals surface area contributed by atoms with Crippen LogP contribution in [0.3, 0.4) is 0 Å². The molecule has 1 amide bonds. The van der Waals surface area contributed by atoms with Gasteiger partial charge in [0.2, 0.25) is 0 Å². The number of hydrogen-bond donors (Lipinski definition) is 1. The molecule has 88 valence electrons. The molecule has 1 saturated heterocycles. The molecule has 1 aliphatic rings. The SMILES string of the molecule is Cc1noc2ncc(C(=O)NC3COC3)cc12. The van der Waals surface area contributed by atoms with E-state index in [-0.39, 0.29) is 11.9 Å². The maximum absolute atomic E-state index is 11.9. The molecule has 0 unspecified atom stereocenters. The van der Waals surface area contributed by atoms with Crippen molar-refractivity contribution in [3.63, 3.8) is 0 Å². The molecule has 6 heteroatoms. The number of nitrogens with zero attached hydrogens (tertiary/aromatic N) is 2. The quantitative estimate of drug-likeness (QED) is 0.824. The highest BCUT2D eigenvalue weighted by Gasteiger charge is 2.21. The van der Waals surface area contributed by atoms with E-state index in [0.717, 1.165) is 11.1 Å². The molecule has 3 heterocycles. The summed E-state index contributed by atoms with van der Waals surface area (Å²) in [5, 5.41) is 7.42. The summed E-state index contributed by atoms with van der Waals surface area (Å²) in [4.78, 5) is 15.9. The first kappa shape index (κ1) is 10.2. The Morgan fingerprint density at radius 2 is 2.35 bits per heavy atom. The van der Waals surface area contributed by atoms with E-state index in [1.165, 1.54) is 6.20 Å². The van der Waals surface area contributed by atoms with E-state index in [1.807, 2.05) is 6.92 Å². The topological polar surface area (TPSA) is 77.2 Å². The Morgan fingerprint density at radius 1 is 1.53 bits per heavy atom. The molecule has 0 spiro atoms. The number of nitrogens with one attached hydrogen (secondary N) is 1. The minimum atomic E-state index is -0.145. The summed E-state index contributed by atoms with van der Waals surface area (Å²) in [6.07, 6.45) is 1.49. The van der Waals surface area contributed by atoms with Crippen molar-refractivity contribution >= 4 is 17.0 Å². The van der Waals surface area contributed by atoms with Crippen molar-refractivity contribution in [1.82, 2.24) is 15.5 Å². The molecular formula is C11H11N3O3. The van der Waals surface area contributed by atoms with E-state index in [1.54, 1.807) is 6.07 Å². The Labute approximate surface area is 96.9 Å². The third-order valence-electron chi connectivity index (χ3n) is 2.75. The highest BCUT2D eigenvalue weighted by Crippen LogP contribution is 2.16. The van der Waals surface area contributed by atoms with Crippen LogP contribution in [0.5, 0.6) is 0 Å². The van der Waals surface area contributed by atoms with Crippen molar-refractivity contribution < 1.29 is 14.1 Å². The standard InChI is InChI=1S/C11H11N3O3/c1-6-9-2-7(3-12-11(9)17-14-6)10(15)13-8-4-16-5-8/h2-3,8H,4-5H2,1H3,(H,13,15). The predicted molar refractivity (Wildman–Crippen MR) is 58.6 cm³/mol. The molecule has 3 rings (SSSR count). The van der Waals surface area contributed by atoms with Crippen LogP contribution in [0.1, 0.15) is 16.1 Å². The van der Waals surface area contributed by atoms with Crippen molar-refractivity contribution in [2.24, 2.45) is 0 Å². The van der Waals surface area contributed by atoms with E-state index in [0.29, 0.717) is 24.5 Å². The van der Waals surface area contributed by atoms with Crippen molar-refractivity contribution in [1.29, 1.82) is 0 Å². The minimum absolute atomic E-state index is 0.113. The number of rotatable bonds is 2. The second-order valence-corrected chi connectivity index (χ2v) is 4.05. The Bertz CT molecular complexity index is 574. The molecule has 0 aromatic carbocycles. The lowest BCUT2D eigenvalue weighted by Crippen LogP contribution is -2.48. The first-order valence-electron chi connectivity index (χ1n) is 5.34. The Morgan fingerprint density at radius 3 is 3.06 bits per heavy atom. The van der Waals surface area contributed by atoms with Gasteiger partial charge in [-0.3, -0.25) is 4.79 Å². The van der Waals surface area contributed by atoms with Gasteiger partial charge in [-0.15, -0.1) is 0 Å². The third-order valence-corrected chi connectivity index (χ3v) is 2.75. The Hall–Kier alpha value is -1.95. The van der Waals surface area contributed by atoms with Gasteiger partial charge in [-0.2, -0.15) is 0 Å². The number of fused-ring (bicyclic) bond motifs is 1. The van der Waals surface area contributed by atoms with Gasteiger partial charge in [0.15, 0.2) is 0 Å². The number of hydrogen-bond acceptors (Lipinski definition) is 5. The molecule has 0 saturated carbocycles. The molecule has 0 bridgehead atoms. The van der Waals surface area contributed by atoms with Gasteiger partial charge in [0.05, 0.1) is 35.9 Å². The van der Waals surface area contributed by atoms with Gasteiger partial charge in [-0.05, 0) is 13.0 Å². The summed E-state index contributed by atoms with van der Waals surface area (Å²) in [5.41, 5.74) is 1.69. The first-order chi connectivity index (χ1) is 8.24. The molecule has 0 radical (unpaired) electrons. The predicted octanol–water partition coefficient (Wildman–Crippen LogP) is 0.660. The fraction of sp³-hybridized carbons (Fsp3) is 0.364. The van der Waals surface area contributed by atoms with Gasteiger partial charge in [0.25, 0.3) is 11.6 Å². The van der Waals surface area contributed by atoms with Crippen LogP contribution in [0, 0.1) is 6.92 Å². The molecular weight excluding hydrogens is 222 g/mol. The molecule has 2 aromatic rings. The summed E-state index contributed by atoms with van der Waals surface area (Å²) < 4.78 is 9.98. The number of amides is 1. The van der Waals surface area contributed by atoms with Gasteiger partial charge < -0.3 is 14.6 Å². The van der Waals surface area contributed by atoms with Crippen molar-refractivity contribution in [2.75, 3.05) is 13.2 Å². The van der Waals surface area contributed by atoms with Crippen LogP contribution >= 0.6 is 0 Å². The number of carbonyl (C=O) groups is 1. The smallest absolute Gasteiger partial charge is 0.257 e. The highest BCUT2D eigenvalue weighted by molar-refractivity contribution is 5.97. The zero-order valence-electron chi connectivity index (χ0n) is 9.27. The summed E-state index contributed by atoms with van der Waals surface area (Å²) in [6, 6.07) is 1.85. The second-order valence-electron chi connectivity index (χ2n) is 4.05. The Kier molecular flexibility index (Phi) is 2.29. The lowest BCUT2D eigenvalue weighted by molar-refractivity contribution is -0.00346. The van der Waals surface area contributed by atoms with Gasteiger partial charge >= 0.3 is 0 Å². The van der Waals surface area contributed by atoms with Crippen LogP contribution < -0.4 is 5.32 Å². The summed E-state index contributed by atoms with van der Waals surface area (Å²) >= 11 is 0. The van der Waals surface area contributed by atoms with Crippen molar-refractivity contribution in [3.05, 3.63) is 23.5 Å². The van der Waals surface area contributed by atoms with Crippen LogP contribution in [-0.4, -0.2) is 35.3 Å². The highest BCUT2D eigenvalue weighted by atomic mass is 16.5. The maximum atomic E-state index is 11.9. The van der Waals surface area contributed by atoms with Crippen LogP contribution in [-0.2, 0) is 4.74 Å². The first-order valence-corrected chi connectivity index (χ1v) is 5.34. The minimum Gasteiger partial charge on any atom is -0.377 e. The van der Waals surface area contributed by atoms with Gasteiger partial charge in [-0.25, -0.2) is 4.98 Å². The van der Waals surface area contributed by atoms with Crippen LogP contribution in [0.15, 0.2) is 16.8 Å². The van der Waals surface area contributed by atoms with Gasteiger partial charge in [-0.1, -0.05) is 5.16 Å². The number of aromatic nitrogens is 2. The third kappa shape index (κ3) is 1.76. The average Bonchev–Trinajstić information content (AvgIpc) is 2.65. The molecule has 1 N–H and O–H groups in total. The number of carbonyl (C=O) groups excluding carboxylic acids is 1. The lowest BCUT2D eigenvalue weighted by Gasteiger charge is -2.26. The largest absolute Gasteiger partial charge is 0.377 e. The van der Waals surface area contributed by atoms with E-state index in [2.05, 4.69) is 15.5 Å². The molecule has 6 nitrogen and oxygen atoms in total. The zero-order chi connectivity index (χ0) is 11.8. The lowest BCUT2D eigenvalue weighted by atomic mass is 10.2. The fourth-order valence-corrected chi connectivity index (χ4v) is 1.66. The molecule has 0 aliphatic carbocycles. The van der Waals surface area contributed by atoms with Gasteiger partial charge in [0.1, 0.15) is 0 Å².